The number of halogens is 1. The van der Waals surface area contributed by atoms with Gasteiger partial charge in [-0.25, -0.2) is 14.4 Å². The van der Waals surface area contributed by atoms with Crippen LogP contribution in [-0.4, -0.2) is 25.2 Å². The van der Waals surface area contributed by atoms with Crippen LogP contribution < -0.4 is 10.6 Å². The number of hydrogen-bond donors (Lipinski definition) is 3. The highest BCUT2D eigenvalue weighted by atomic mass is 32.1. The summed E-state index contributed by atoms with van der Waals surface area (Å²) in [4.78, 5) is 24.4. The van der Waals surface area contributed by atoms with Crippen LogP contribution in [0.5, 0.6) is 0 Å². The first-order valence-corrected chi connectivity index (χ1v) is 10.3. The largest absolute Gasteiger partial charge is 0.365 e. The van der Waals surface area contributed by atoms with Gasteiger partial charge in [-0.15, -0.1) is 0 Å². The molecule has 0 aliphatic carbocycles. The van der Waals surface area contributed by atoms with Crippen LogP contribution in [0.15, 0.2) is 55.0 Å². The monoisotopic (exact) mass is 432 g/mol. The Morgan fingerprint density at radius 2 is 2.06 bits per heavy atom. The molecule has 1 aromatic carbocycles. The Hall–Kier alpha value is -3.85. The number of carbonyl (C=O) groups excluding carboxylic acids is 1. The van der Waals surface area contributed by atoms with Gasteiger partial charge in [0, 0.05) is 35.4 Å². The summed E-state index contributed by atoms with van der Waals surface area (Å²) in [5, 5.41) is 7.93. The topological polar surface area (TPSA) is 95.6 Å². The van der Waals surface area contributed by atoms with E-state index in [1.807, 2.05) is 37.4 Å². The molecule has 9 heteroatoms. The van der Waals surface area contributed by atoms with Gasteiger partial charge in [-0.3, -0.25) is 4.79 Å². The molecule has 3 N–H and O–H groups in total. The van der Waals surface area contributed by atoms with Crippen LogP contribution in [0.25, 0.3) is 21.1 Å². The quantitative estimate of drug-likeness (QED) is 0.368. The molecule has 154 valence electrons. The number of carbonyl (C=O) groups is 1. The lowest BCUT2D eigenvalue weighted by Gasteiger charge is -2.12. The average molecular weight is 432 g/mol. The number of rotatable bonds is 5. The van der Waals surface area contributed by atoms with Crippen LogP contribution in [0, 0.1) is 12.7 Å². The second-order valence-electron chi connectivity index (χ2n) is 7.05. The highest BCUT2D eigenvalue weighted by molar-refractivity contribution is 7.13. The van der Waals surface area contributed by atoms with Gasteiger partial charge in [0.1, 0.15) is 17.3 Å². The van der Waals surface area contributed by atoms with Crippen molar-refractivity contribution >= 4 is 50.1 Å². The van der Waals surface area contributed by atoms with Crippen molar-refractivity contribution < 1.29 is 9.18 Å². The van der Waals surface area contributed by atoms with Crippen LogP contribution in [0.4, 0.5) is 15.9 Å². The normalized spacial score (nSPS) is 11.2. The summed E-state index contributed by atoms with van der Waals surface area (Å²) in [5.74, 6) is -0.731. The lowest BCUT2D eigenvalue weighted by atomic mass is 10.1. The molecular formula is C22H17FN6OS. The smallest absolute Gasteiger partial charge is 0.259 e. The van der Waals surface area contributed by atoms with Crippen LogP contribution >= 0.6 is 11.5 Å². The zero-order valence-electron chi connectivity index (χ0n) is 16.4. The summed E-state index contributed by atoms with van der Waals surface area (Å²) in [7, 11) is 0. The summed E-state index contributed by atoms with van der Waals surface area (Å²) in [6, 6.07) is 10.6. The number of fused-ring (bicyclic) bond motifs is 2. The van der Waals surface area contributed by atoms with Crippen molar-refractivity contribution in [3.63, 3.8) is 0 Å². The molecule has 7 nitrogen and oxygen atoms in total. The molecule has 0 atom stereocenters. The zero-order valence-corrected chi connectivity index (χ0v) is 17.3. The van der Waals surface area contributed by atoms with Crippen molar-refractivity contribution in [1.29, 1.82) is 0 Å². The maximum Gasteiger partial charge on any atom is 0.259 e. The number of benzene rings is 1. The van der Waals surface area contributed by atoms with E-state index in [2.05, 4.69) is 30.0 Å². The van der Waals surface area contributed by atoms with E-state index in [1.54, 1.807) is 12.3 Å². The van der Waals surface area contributed by atoms with Gasteiger partial charge in [-0.2, -0.15) is 4.37 Å². The Bertz CT molecular complexity index is 1430. The first kappa shape index (κ1) is 19.1. The average Bonchev–Trinajstić information content (AvgIpc) is 3.40. The Morgan fingerprint density at radius 3 is 2.97 bits per heavy atom. The third-order valence-corrected chi connectivity index (χ3v) is 5.92. The molecule has 0 unspecified atom stereocenters. The van der Waals surface area contributed by atoms with Gasteiger partial charge in [0.15, 0.2) is 0 Å². The molecule has 0 saturated heterocycles. The maximum absolute atomic E-state index is 13.9. The molecule has 5 rings (SSSR count). The summed E-state index contributed by atoms with van der Waals surface area (Å²) in [6.45, 7) is 2.32. The lowest BCUT2D eigenvalue weighted by molar-refractivity contribution is 0.102. The summed E-state index contributed by atoms with van der Waals surface area (Å²) >= 11 is 1.41. The van der Waals surface area contributed by atoms with Crippen molar-refractivity contribution in [3.8, 4) is 0 Å². The van der Waals surface area contributed by atoms with Gasteiger partial charge in [0.25, 0.3) is 5.91 Å². The molecular weight excluding hydrogens is 415 g/mol. The lowest BCUT2D eigenvalue weighted by Crippen LogP contribution is -2.16. The Balaban J connectivity index is 1.40. The first-order chi connectivity index (χ1) is 15.1. The van der Waals surface area contributed by atoms with Crippen molar-refractivity contribution in [1.82, 2.24) is 19.3 Å². The predicted molar refractivity (Wildman–Crippen MR) is 120 cm³/mol. The Labute approximate surface area is 180 Å². The van der Waals surface area contributed by atoms with E-state index in [4.69, 9.17) is 0 Å². The number of aromatic amines is 1. The molecule has 0 saturated carbocycles. The fourth-order valence-corrected chi connectivity index (χ4v) is 4.21. The van der Waals surface area contributed by atoms with Gasteiger partial charge in [0.2, 0.25) is 0 Å². The molecule has 0 aliphatic rings. The molecule has 4 heterocycles. The molecule has 0 aliphatic heterocycles. The fourth-order valence-electron chi connectivity index (χ4n) is 3.44. The number of nitrogens with one attached hydrogen (secondary N) is 3. The van der Waals surface area contributed by atoms with Crippen LogP contribution in [0.2, 0.25) is 0 Å². The Morgan fingerprint density at radius 1 is 1.16 bits per heavy atom. The minimum absolute atomic E-state index is 0.125. The van der Waals surface area contributed by atoms with Crippen LogP contribution in [-0.2, 0) is 6.54 Å². The van der Waals surface area contributed by atoms with E-state index in [1.165, 1.54) is 17.6 Å². The molecule has 31 heavy (non-hydrogen) atoms. The number of pyridine rings is 2. The van der Waals surface area contributed by atoms with E-state index < -0.39 is 11.7 Å². The molecule has 4 aromatic heterocycles. The minimum atomic E-state index is -0.582. The highest BCUT2D eigenvalue weighted by Gasteiger charge is 2.16. The van der Waals surface area contributed by atoms with E-state index in [9.17, 15) is 9.18 Å². The fraction of sp³-hybridized carbons (Fsp3) is 0.0909. The summed E-state index contributed by atoms with van der Waals surface area (Å²) in [5.41, 5.74) is 3.39. The standard InChI is InChI=1S/C22H17FN6OS/c1-12-17-9-15(2-3-19(17)31-29-12)28-22(30)18-8-14(23)11-27-21(18)26-10-13-4-6-24-20-16(13)5-7-25-20/h2-9,11H,10H2,1H3,(H,24,25)(H,26,27)(H,28,30). The third-order valence-electron chi connectivity index (χ3n) is 5.00. The second kappa shape index (κ2) is 7.77. The van der Waals surface area contributed by atoms with E-state index in [0.29, 0.717) is 18.1 Å². The van der Waals surface area contributed by atoms with Crippen LogP contribution in [0.3, 0.4) is 0 Å². The van der Waals surface area contributed by atoms with Gasteiger partial charge >= 0.3 is 0 Å². The first-order valence-electron chi connectivity index (χ1n) is 9.56. The zero-order chi connectivity index (χ0) is 21.4. The molecule has 0 radical (unpaired) electrons. The predicted octanol–water partition coefficient (Wildman–Crippen LogP) is 4.88. The van der Waals surface area contributed by atoms with E-state index >= 15 is 0 Å². The van der Waals surface area contributed by atoms with Gasteiger partial charge < -0.3 is 15.6 Å². The molecule has 0 bridgehead atoms. The second-order valence-corrected chi connectivity index (χ2v) is 7.85. The number of aromatic nitrogens is 4. The van der Waals surface area contributed by atoms with E-state index in [-0.39, 0.29) is 5.56 Å². The van der Waals surface area contributed by atoms with Crippen molar-refractivity contribution in [2.75, 3.05) is 10.6 Å². The van der Waals surface area contributed by atoms with Gasteiger partial charge in [-0.1, -0.05) is 0 Å². The molecule has 0 fully saturated rings. The SMILES string of the molecule is Cc1nsc2ccc(NC(=O)c3cc(F)cnc3NCc3ccnc4[nH]ccc34)cc12. The number of hydrogen-bond acceptors (Lipinski definition) is 6. The molecule has 5 aromatic rings. The molecule has 1 amide bonds. The van der Waals surface area contributed by atoms with Crippen LogP contribution in [0.1, 0.15) is 21.6 Å². The van der Waals surface area contributed by atoms with Crippen molar-refractivity contribution in [2.24, 2.45) is 0 Å². The minimum Gasteiger partial charge on any atom is -0.365 e. The van der Waals surface area contributed by atoms with Gasteiger partial charge in [0.05, 0.1) is 22.2 Å². The van der Waals surface area contributed by atoms with Crippen molar-refractivity contribution in [2.45, 2.75) is 13.5 Å². The van der Waals surface area contributed by atoms with Gasteiger partial charge in [-0.05, 0) is 60.4 Å². The summed E-state index contributed by atoms with van der Waals surface area (Å²) < 4.78 is 19.3. The van der Waals surface area contributed by atoms with Crippen molar-refractivity contribution in [3.05, 3.63) is 77.6 Å². The van der Waals surface area contributed by atoms with E-state index in [0.717, 1.165) is 38.6 Å². The third kappa shape index (κ3) is 3.71. The highest BCUT2D eigenvalue weighted by Crippen LogP contribution is 2.26. The number of H-pyrrole nitrogens is 1. The number of nitrogens with zero attached hydrogens (tertiary/aromatic N) is 3. The number of anilines is 2. The molecule has 0 spiro atoms. The number of amides is 1. The maximum atomic E-state index is 13.9. The summed E-state index contributed by atoms with van der Waals surface area (Å²) in [6.07, 6.45) is 4.61. The Kier molecular flexibility index (Phi) is 4.79. The number of aryl methyl sites for hydroxylation is 1.